The van der Waals surface area contributed by atoms with E-state index in [9.17, 15) is 4.79 Å². The Labute approximate surface area is 89.5 Å². The van der Waals surface area contributed by atoms with E-state index in [1.54, 1.807) is 39.5 Å². The number of hydrogen-bond acceptors (Lipinski definition) is 4. The highest BCUT2D eigenvalue weighted by Crippen LogP contribution is 2.07. The van der Waals surface area contributed by atoms with E-state index in [-0.39, 0.29) is 0 Å². The van der Waals surface area contributed by atoms with E-state index < -0.39 is 17.7 Å². The van der Waals surface area contributed by atoms with Gasteiger partial charge in [-0.25, -0.2) is 9.78 Å². The number of rotatable bonds is 1. The number of ether oxygens (including phenoxy) is 1. The zero-order valence-corrected chi connectivity index (χ0v) is 9.52. The van der Waals surface area contributed by atoms with Crippen LogP contribution in [0.5, 0.6) is 0 Å². The Balaban J connectivity index is 0.000000322. The van der Waals surface area contributed by atoms with Crippen LogP contribution >= 0.6 is 0 Å². The number of H-pyrrole nitrogens is 1. The summed E-state index contributed by atoms with van der Waals surface area (Å²) in [7, 11) is 0. The number of aromatic amines is 1. The molecule has 1 unspecified atom stereocenters. The lowest BCUT2D eigenvalue weighted by atomic mass is 10.2. The Kier molecular flexibility index (Phi) is 5.62. The van der Waals surface area contributed by atoms with Crippen LogP contribution in [0.1, 0.15) is 27.7 Å². The molecule has 0 radical (unpaired) electrons. The summed E-state index contributed by atoms with van der Waals surface area (Å²) in [6, 6.07) is 0. The van der Waals surface area contributed by atoms with Gasteiger partial charge in [0.25, 0.3) is 0 Å². The second-order valence-corrected chi connectivity index (χ2v) is 3.97. The molecule has 0 aliphatic heterocycles. The van der Waals surface area contributed by atoms with Crippen molar-refractivity contribution in [1.29, 1.82) is 0 Å². The van der Waals surface area contributed by atoms with E-state index in [0.29, 0.717) is 0 Å². The lowest BCUT2D eigenvalue weighted by Gasteiger charge is -2.20. The van der Waals surface area contributed by atoms with Crippen molar-refractivity contribution in [2.24, 2.45) is 0 Å². The molecule has 1 heterocycles. The normalized spacial score (nSPS) is 12.3. The van der Waals surface area contributed by atoms with Gasteiger partial charge in [0.1, 0.15) is 11.7 Å². The minimum absolute atomic E-state index is 0.506. The lowest BCUT2D eigenvalue weighted by Crippen LogP contribution is -2.29. The van der Waals surface area contributed by atoms with Crippen molar-refractivity contribution in [3.63, 3.8) is 0 Å². The molecule has 0 saturated carbocycles. The molecule has 1 aromatic rings. The van der Waals surface area contributed by atoms with Gasteiger partial charge in [-0.2, -0.15) is 0 Å². The van der Waals surface area contributed by atoms with E-state index in [1.807, 2.05) is 0 Å². The summed E-state index contributed by atoms with van der Waals surface area (Å²) < 4.78 is 4.81. The van der Waals surface area contributed by atoms with Gasteiger partial charge in [-0.15, -0.1) is 0 Å². The second-order valence-electron chi connectivity index (χ2n) is 3.97. The summed E-state index contributed by atoms with van der Waals surface area (Å²) >= 11 is 0. The molecule has 1 aromatic heterocycles. The van der Waals surface area contributed by atoms with E-state index in [0.717, 1.165) is 0 Å². The lowest BCUT2D eigenvalue weighted by molar-refractivity contribution is -0.163. The maximum Gasteiger partial charge on any atom is 0.335 e. The van der Waals surface area contributed by atoms with Gasteiger partial charge in [-0.05, 0) is 27.7 Å². The Morgan fingerprint density at radius 3 is 2.27 bits per heavy atom. The van der Waals surface area contributed by atoms with Crippen LogP contribution < -0.4 is 0 Å². The van der Waals surface area contributed by atoms with Crippen molar-refractivity contribution < 1.29 is 14.6 Å². The Morgan fingerprint density at radius 2 is 2.13 bits per heavy atom. The Morgan fingerprint density at radius 1 is 1.53 bits per heavy atom. The van der Waals surface area contributed by atoms with Crippen LogP contribution in [0, 0.1) is 0 Å². The van der Waals surface area contributed by atoms with E-state index in [4.69, 9.17) is 9.84 Å². The SMILES string of the molecule is CC(O)C(=O)OC(C)(C)C.c1c[nH]cn1. The number of aliphatic hydroxyl groups excluding tert-OH is 1. The third-order valence-corrected chi connectivity index (χ3v) is 1.15. The fraction of sp³-hybridized carbons (Fsp3) is 0.600. The summed E-state index contributed by atoms with van der Waals surface area (Å²) in [5, 5.41) is 8.71. The minimum Gasteiger partial charge on any atom is -0.458 e. The third-order valence-electron chi connectivity index (χ3n) is 1.15. The number of nitrogens with zero attached hydrogens (tertiary/aromatic N) is 1. The molecule has 5 nitrogen and oxygen atoms in total. The van der Waals surface area contributed by atoms with Gasteiger partial charge in [0.2, 0.25) is 0 Å². The zero-order valence-electron chi connectivity index (χ0n) is 9.52. The fourth-order valence-electron chi connectivity index (χ4n) is 0.602. The second kappa shape index (κ2) is 6.19. The predicted octanol–water partition coefficient (Wildman–Crippen LogP) is 1.12. The van der Waals surface area contributed by atoms with Crippen molar-refractivity contribution in [2.75, 3.05) is 0 Å². The molecule has 0 bridgehead atoms. The molecule has 2 N–H and O–H groups in total. The number of imidazole rings is 1. The molecule has 5 heteroatoms. The van der Waals surface area contributed by atoms with Crippen LogP contribution in [0.4, 0.5) is 0 Å². The van der Waals surface area contributed by atoms with Gasteiger partial charge in [0.05, 0.1) is 6.33 Å². The van der Waals surface area contributed by atoms with E-state index >= 15 is 0 Å². The quantitative estimate of drug-likeness (QED) is 0.687. The smallest absolute Gasteiger partial charge is 0.335 e. The molecule has 0 saturated heterocycles. The molecule has 1 rings (SSSR count). The first-order valence-corrected chi connectivity index (χ1v) is 4.66. The molecular weight excluding hydrogens is 196 g/mol. The highest BCUT2D eigenvalue weighted by atomic mass is 16.6. The van der Waals surface area contributed by atoms with Gasteiger partial charge in [0.15, 0.2) is 0 Å². The first kappa shape index (κ1) is 13.6. The monoisotopic (exact) mass is 214 g/mol. The molecule has 0 fully saturated rings. The van der Waals surface area contributed by atoms with Crippen molar-refractivity contribution in [1.82, 2.24) is 9.97 Å². The average molecular weight is 214 g/mol. The largest absolute Gasteiger partial charge is 0.458 e. The van der Waals surface area contributed by atoms with Crippen LogP contribution in [0.3, 0.4) is 0 Å². The van der Waals surface area contributed by atoms with Crippen LogP contribution in [0.2, 0.25) is 0 Å². The Hall–Kier alpha value is -1.36. The number of nitrogens with one attached hydrogen (secondary N) is 1. The van der Waals surface area contributed by atoms with Gasteiger partial charge in [-0.3, -0.25) is 0 Å². The van der Waals surface area contributed by atoms with Gasteiger partial charge in [0, 0.05) is 12.4 Å². The summed E-state index contributed by atoms with van der Waals surface area (Å²) in [6.45, 7) is 6.65. The summed E-state index contributed by atoms with van der Waals surface area (Å²) in [6.07, 6.45) is 4.05. The number of carbonyl (C=O) groups excluding carboxylic acids is 1. The van der Waals surface area contributed by atoms with Crippen molar-refractivity contribution in [2.45, 2.75) is 39.4 Å². The first-order chi connectivity index (χ1) is 6.83. The van der Waals surface area contributed by atoms with Crippen LogP contribution in [-0.4, -0.2) is 32.7 Å². The highest BCUT2D eigenvalue weighted by Gasteiger charge is 2.19. The van der Waals surface area contributed by atoms with Gasteiger partial charge in [-0.1, -0.05) is 0 Å². The summed E-state index contributed by atoms with van der Waals surface area (Å²) in [5.74, 6) is -0.576. The zero-order chi connectivity index (χ0) is 11.9. The highest BCUT2D eigenvalue weighted by molar-refractivity contribution is 5.74. The third kappa shape index (κ3) is 8.96. The fourth-order valence-corrected chi connectivity index (χ4v) is 0.602. The van der Waals surface area contributed by atoms with E-state index in [2.05, 4.69) is 9.97 Å². The Bertz CT molecular complexity index is 245. The number of aromatic nitrogens is 2. The molecule has 15 heavy (non-hydrogen) atoms. The standard InChI is InChI=1S/C7H14O3.C3H4N2/c1-5(8)6(9)10-7(2,3)4;1-2-5-3-4-1/h5,8H,1-4H3;1-3H,(H,4,5). The van der Waals surface area contributed by atoms with Gasteiger partial charge >= 0.3 is 5.97 Å². The molecular formula is C10H18N2O3. The van der Waals surface area contributed by atoms with Crippen LogP contribution in [0.25, 0.3) is 0 Å². The number of hydrogen-bond donors (Lipinski definition) is 2. The van der Waals surface area contributed by atoms with Crippen LogP contribution in [-0.2, 0) is 9.53 Å². The molecule has 0 spiro atoms. The number of aliphatic hydroxyl groups is 1. The van der Waals surface area contributed by atoms with Gasteiger partial charge < -0.3 is 14.8 Å². The molecule has 0 aliphatic carbocycles. The number of esters is 1. The predicted molar refractivity (Wildman–Crippen MR) is 56.1 cm³/mol. The molecule has 1 atom stereocenters. The van der Waals surface area contributed by atoms with Crippen molar-refractivity contribution in [3.8, 4) is 0 Å². The molecule has 0 amide bonds. The summed E-state index contributed by atoms with van der Waals surface area (Å²) in [4.78, 5) is 17.1. The number of carbonyl (C=O) groups is 1. The van der Waals surface area contributed by atoms with Crippen LogP contribution in [0.15, 0.2) is 18.7 Å². The molecule has 0 aromatic carbocycles. The van der Waals surface area contributed by atoms with Crippen molar-refractivity contribution in [3.05, 3.63) is 18.7 Å². The van der Waals surface area contributed by atoms with E-state index in [1.165, 1.54) is 6.92 Å². The topological polar surface area (TPSA) is 75.2 Å². The molecule has 86 valence electrons. The maximum atomic E-state index is 10.7. The maximum absolute atomic E-state index is 10.7. The first-order valence-electron chi connectivity index (χ1n) is 4.66. The summed E-state index contributed by atoms with van der Waals surface area (Å²) in [5.41, 5.74) is -0.506. The van der Waals surface area contributed by atoms with Crippen molar-refractivity contribution >= 4 is 5.97 Å². The average Bonchev–Trinajstić information content (AvgIpc) is 2.56. The minimum atomic E-state index is -1.03. The molecule has 0 aliphatic rings.